The molecule has 1 aliphatic carbocycles. The summed E-state index contributed by atoms with van der Waals surface area (Å²) in [5, 5.41) is 0. The van der Waals surface area contributed by atoms with E-state index in [2.05, 4.69) is 4.57 Å². The molecule has 1 saturated heterocycles. The van der Waals surface area contributed by atoms with Gasteiger partial charge in [-0.05, 0) is 54.8 Å². The van der Waals surface area contributed by atoms with Gasteiger partial charge >= 0.3 is 6.03 Å². The topological polar surface area (TPSA) is 62.6 Å². The molecule has 2 aromatic carbocycles. The van der Waals surface area contributed by atoms with E-state index >= 15 is 0 Å². The standard InChI is InChI=1S/C27H25N3O3/c31-25-24(18-20-16-17-28(19-20)21-10-4-1-5-11-21)26(32)30(23-14-8-3-9-15-23)27(33)29(25)22-12-6-2-7-13-22/h2-3,6-9,12-19,21H,1,4-5,10-11H2. The third kappa shape index (κ3) is 4.00. The highest BCUT2D eigenvalue weighted by molar-refractivity contribution is 6.46. The average molecular weight is 440 g/mol. The molecule has 6 nitrogen and oxygen atoms in total. The molecule has 1 aromatic heterocycles. The summed E-state index contributed by atoms with van der Waals surface area (Å²) in [6.45, 7) is 0. The maximum absolute atomic E-state index is 13.4. The number of para-hydroxylation sites is 2. The molecule has 0 atom stereocenters. The molecule has 0 spiro atoms. The van der Waals surface area contributed by atoms with Crippen LogP contribution in [0.25, 0.3) is 6.08 Å². The van der Waals surface area contributed by atoms with Crippen LogP contribution in [0, 0.1) is 0 Å². The van der Waals surface area contributed by atoms with Crippen molar-refractivity contribution in [1.82, 2.24) is 4.57 Å². The molecule has 2 fully saturated rings. The first-order valence-corrected chi connectivity index (χ1v) is 11.4. The number of carbonyl (C=O) groups excluding carboxylic acids is 3. The van der Waals surface area contributed by atoms with E-state index < -0.39 is 17.8 Å². The van der Waals surface area contributed by atoms with Crippen molar-refractivity contribution in [3.63, 3.8) is 0 Å². The van der Waals surface area contributed by atoms with Crippen molar-refractivity contribution >= 4 is 35.3 Å². The summed E-state index contributed by atoms with van der Waals surface area (Å²) in [5.41, 5.74) is 1.58. The number of aromatic nitrogens is 1. The zero-order chi connectivity index (χ0) is 22.8. The predicted molar refractivity (Wildman–Crippen MR) is 128 cm³/mol. The number of nitrogens with zero attached hydrogens (tertiary/aromatic N) is 3. The normalized spacial score (nSPS) is 17.6. The van der Waals surface area contributed by atoms with Gasteiger partial charge in [0.25, 0.3) is 11.8 Å². The molecule has 1 saturated carbocycles. The molecular formula is C27H25N3O3. The lowest BCUT2D eigenvalue weighted by Crippen LogP contribution is -2.57. The van der Waals surface area contributed by atoms with Crippen molar-refractivity contribution in [1.29, 1.82) is 0 Å². The SMILES string of the molecule is O=C1C(=Cc2ccn(C3CCCCC3)c2)C(=O)N(c2ccccc2)C(=O)N1c1ccccc1. The molecule has 0 radical (unpaired) electrons. The van der Waals surface area contributed by atoms with Crippen LogP contribution in [0.15, 0.2) is 84.7 Å². The Labute approximate surface area is 192 Å². The van der Waals surface area contributed by atoms with E-state index in [1.165, 1.54) is 19.3 Å². The number of anilines is 2. The lowest BCUT2D eigenvalue weighted by molar-refractivity contribution is -0.121. The Hall–Kier alpha value is -3.93. The summed E-state index contributed by atoms with van der Waals surface area (Å²) in [4.78, 5) is 42.3. The number of hydrogen-bond donors (Lipinski definition) is 0. The first kappa shape index (κ1) is 20.9. The number of carbonyl (C=O) groups is 3. The van der Waals surface area contributed by atoms with Gasteiger partial charge in [-0.15, -0.1) is 0 Å². The Balaban J connectivity index is 1.55. The van der Waals surface area contributed by atoms with Gasteiger partial charge in [0.2, 0.25) is 0 Å². The number of barbiturate groups is 1. The van der Waals surface area contributed by atoms with E-state index in [1.807, 2.05) is 30.6 Å². The fraction of sp³-hybridized carbons (Fsp3) is 0.222. The Morgan fingerprint density at radius 3 is 1.79 bits per heavy atom. The summed E-state index contributed by atoms with van der Waals surface area (Å²) in [6, 6.07) is 19.1. The van der Waals surface area contributed by atoms with Gasteiger partial charge in [0.05, 0.1) is 11.4 Å². The highest BCUT2D eigenvalue weighted by Crippen LogP contribution is 2.31. The van der Waals surface area contributed by atoms with Gasteiger partial charge in [-0.1, -0.05) is 55.7 Å². The Morgan fingerprint density at radius 2 is 1.24 bits per heavy atom. The summed E-state index contributed by atoms with van der Waals surface area (Å²) in [6.07, 6.45) is 11.6. The van der Waals surface area contributed by atoms with Gasteiger partial charge in [-0.3, -0.25) is 9.59 Å². The number of rotatable bonds is 4. The largest absolute Gasteiger partial charge is 0.351 e. The van der Waals surface area contributed by atoms with Crippen LogP contribution in [0.3, 0.4) is 0 Å². The van der Waals surface area contributed by atoms with E-state index in [0.29, 0.717) is 17.4 Å². The summed E-state index contributed by atoms with van der Waals surface area (Å²) < 4.78 is 2.18. The third-order valence-corrected chi connectivity index (χ3v) is 6.32. The smallest absolute Gasteiger partial charge is 0.343 e. The van der Waals surface area contributed by atoms with Gasteiger partial charge in [0, 0.05) is 18.4 Å². The number of hydrogen-bond acceptors (Lipinski definition) is 3. The number of benzene rings is 2. The van der Waals surface area contributed by atoms with E-state index in [0.717, 1.165) is 28.2 Å². The lowest BCUT2D eigenvalue weighted by Gasteiger charge is -2.33. The zero-order valence-corrected chi connectivity index (χ0v) is 18.3. The van der Waals surface area contributed by atoms with Gasteiger partial charge in [-0.2, -0.15) is 0 Å². The Morgan fingerprint density at radius 1 is 0.697 bits per heavy atom. The molecule has 0 unspecified atom stereocenters. The first-order valence-electron chi connectivity index (χ1n) is 11.4. The second-order valence-corrected chi connectivity index (χ2v) is 8.48. The maximum atomic E-state index is 13.4. The van der Waals surface area contributed by atoms with Crippen molar-refractivity contribution in [2.45, 2.75) is 38.1 Å². The average Bonchev–Trinajstić information content (AvgIpc) is 3.33. The fourth-order valence-corrected chi connectivity index (χ4v) is 4.63. The molecule has 0 bridgehead atoms. The van der Waals surface area contributed by atoms with Crippen molar-refractivity contribution < 1.29 is 14.4 Å². The van der Waals surface area contributed by atoms with Gasteiger partial charge in [-0.25, -0.2) is 14.6 Å². The zero-order valence-electron chi connectivity index (χ0n) is 18.3. The van der Waals surface area contributed by atoms with Crippen LogP contribution in [0.5, 0.6) is 0 Å². The monoisotopic (exact) mass is 439 g/mol. The first-order chi connectivity index (χ1) is 16.1. The minimum atomic E-state index is -0.681. The molecule has 2 heterocycles. The Bertz CT molecular complexity index is 1140. The molecule has 2 aliphatic rings. The van der Waals surface area contributed by atoms with Crippen LogP contribution >= 0.6 is 0 Å². The number of urea groups is 1. The fourth-order valence-electron chi connectivity index (χ4n) is 4.63. The van der Waals surface area contributed by atoms with Gasteiger partial charge < -0.3 is 4.57 Å². The van der Waals surface area contributed by atoms with Crippen LogP contribution in [-0.4, -0.2) is 22.4 Å². The minimum Gasteiger partial charge on any atom is -0.351 e. The van der Waals surface area contributed by atoms with Crippen molar-refractivity contribution in [2.75, 3.05) is 9.80 Å². The molecule has 3 aromatic rings. The van der Waals surface area contributed by atoms with Crippen molar-refractivity contribution in [2.24, 2.45) is 0 Å². The van der Waals surface area contributed by atoms with Crippen LogP contribution in [-0.2, 0) is 9.59 Å². The summed E-state index contributed by atoms with van der Waals surface area (Å²) >= 11 is 0. The van der Waals surface area contributed by atoms with E-state index in [9.17, 15) is 14.4 Å². The van der Waals surface area contributed by atoms with Crippen LogP contribution < -0.4 is 9.80 Å². The minimum absolute atomic E-state index is 0.0382. The molecule has 6 heteroatoms. The van der Waals surface area contributed by atoms with Crippen LogP contribution in [0.4, 0.5) is 16.2 Å². The molecule has 1 aliphatic heterocycles. The second-order valence-electron chi connectivity index (χ2n) is 8.48. The predicted octanol–water partition coefficient (Wildman–Crippen LogP) is 5.58. The quantitative estimate of drug-likeness (QED) is 0.394. The van der Waals surface area contributed by atoms with Crippen molar-refractivity contribution in [3.8, 4) is 0 Å². The molecule has 5 rings (SSSR count). The van der Waals surface area contributed by atoms with Crippen LogP contribution in [0.1, 0.15) is 43.7 Å². The molecule has 33 heavy (non-hydrogen) atoms. The van der Waals surface area contributed by atoms with E-state index in [4.69, 9.17) is 0 Å². The van der Waals surface area contributed by atoms with E-state index in [1.54, 1.807) is 54.6 Å². The van der Waals surface area contributed by atoms with E-state index in [-0.39, 0.29) is 5.57 Å². The van der Waals surface area contributed by atoms with Crippen LogP contribution in [0.2, 0.25) is 0 Å². The van der Waals surface area contributed by atoms with Gasteiger partial charge in [0.1, 0.15) is 5.57 Å². The summed E-state index contributed by atoms with van der Waals surface area (Å²) in [7, 11) is 0. The maximum Gasteiger partial charge on any atom is 0.343 e. The molecular weight excluding hydrogens is 414 g/mol. The van der Waals surface area contributed by atoms with Crippen molar-refractivity contribution in [3.05, 3.63) is 90.3 Å². The summed E-state index contributed by atoms with van der Waals surface area (Å²) in [5.74, 6) is -1.23. The lowest BCUT2D eigenvalue weighted by atomic mass is 9.95. The highest BCUT2D eigenvalue weighted by atomic mass is 16.2. The molecule has 166 valence electrons. The Kier molecular flexibility index (Phi) is 5.65. The number of amides is 4. The highest BCUT2D eigenvalue weighted by Gasteiger charge is 2.43. The van der Waals surface area contributed by atoms with Gasteiger partial charge in [0.15, 0.2) is 0 Å². The number of imide groups is 2. The molecule has 4 amide bonds. The molecule has 0 N–H and O–H groups in total. The second kappa shape index (κ2) is 8.90. The third-order valence-electron chi connectivity index (χ3n) is 6.32.